The molecule has 1 aliphatic rings. The minimum atomic E-state index is -0.920. The summed E-state index contributed by atoms with van der Waals surface area (Å²) in [6.07, 6.45) is 5.08. The van der Waals surface area contributed by atoms with Crippen molar-refractivity contribution in [3.05, 3.63) is 100 Å². The van der Waals surface area contributed by atoms with Gasteiger partial charge in [0, 0.05) is 16.3 Å². The first-order valence-electron chi connectivity index (χ1n) is 15.4. The van der Waals surface area contributed by atoms with E-state index in [0.29, 0.717) is 51.0 Å². The molecule has 4 aromatic rings. The quantitative estimate of drug-likeness (QED) is 0.0333. The van der Waals surface area contributed by atoms with Gasteiger partial charge in [-0.3, -0.25) is 14.5 Å². The molecule has 11 heteroatoms. The highest BCUT2D eigenvalue weighted by Crippen LogP contribution is 2.44. The zero-order chi connectivity index (χ0) is 32.5. The smallest absolute Gasteiger partial charge is 0.301 e. The lowest BCUT2D eigenvalue weighted by Crippen LogP contribution is -2.29. The fraction of sp³-hybridized carbons (Fsp3) is 0.314. The molecule has 1 aromatic heterocycles. The Morgan fingerprint density at radius 2 is 1.50 bits per heavy atom. The van der Waals surface area contributed by atoms with E-state index in [1.165, 1.54) is 28.0 Å². The molecular weight excluding hydrogens is 642 g/mol. The van der Waals surface area contributed by atoms with Crippen LogP contribution in [0.4, 0.5) is 5.13 Å². The van der Waals surface area contributed by atoms with E-state index in [0.717, 1.165) is 37.7 Å². The number of rotatable bonds is 15. The highest BCUT2D eigenvalue weighted by molar-refractivity contribution is 8.00. The van der Waals surface area contributed by atoms with Crippen LogP contribution in [-0.4, -0.2) is 40.2 Å². The van der Waals surface area contributed by atoms with Crippen LogP contribution in [0.2, 0.25) is 5.02 Å². The van der Waals surface area contributed by atoms with Gasteiger partial charge in [-0.2, -0.15) is 0 Å². The normalized spacial score (nSPS) is 15.8. The molecule has 2 heterocycles. The van der Waals surface area contributed by atoms with Crippen LogP contribution in [0.15, 0.2) is 82.7 Å². The van der Waals surface area contributed by atoms with Crippen LogP contribution in [0.3, 0.4) is 0 Å². The van der Waals surface area contributed by atoms with Crippen molar-refractivity contribution in [2.45, 2.75) is 62.1 Å². The maximum atomic E-state index is 13.6. The molecule has 3 aromatic carbocycles. The number of nitrogens with zero attached hydrogens (tertiary/aromatic N) is 3. The largest absolute Gasteiger partial charge is 0.507 e. The Balaban J connectivity index is 1.46. The molecule has 5 rings (SSSR count). The average molecular weight is 678 g/mol. The number of aliphatic hydroxyl groups is 1. The van der Waals surface area contributed by atoms with Gasteiger partial charge in [0.05, 0.1) is 24.8 Å². The third-order valence-corrected chi connectivity index (χ3v) is 9.81. The Morgan fingerprint density at radius 3 is 2.15 bits per heavy atom. The number of carbonyl (C=O) groups is 2. The number of hydrogen-bond acceptors (Lipinski definition) is 9. The number of thioether (sulfide) groups is 1. The second-order valence-corrected chi connectivity index (χ2v) is 13.4. The molecule has 1 amide bonds. The Bertz CT molecular complexity index is 1660. The average Bonchev–Trinajstić information content (AvgIpc) is 3.65. The molecule has 8 nitrogen and oxygen atoms in total. The lowest BCUT2D eigenvalue weighted by atomic mass is 9.95. The Morgan fingerprint density at radius 1 is 0.870 bits per heavy atom. The van der Waals surface area contributed by atoms with E-state index in [-0.39, 0.29) is 16.5 Å². The number of halogens is 1. The number of ether oxygens (including phenoxy) is 2. The summed E-state index contributed by atoms with van der Waals surface area (Å²) < 4.78 is 12.3. The lowest BCUT2D eigenvalue weighted by molar-refractivity contribution is -0.132. The van der Waals surface area contributed by atoms with Gasteiger partial charge in [0.1, 0.15) is 17.3 Å². The summed E-state index contributed by atoms with van der Waals surface area (Å²) in [4.78, 5) is 28.6. The number of hydrogen-bond donors (Lipinski definition) is 1. The van der Waals surface area contributed by atoms with Gasteiger partial charge in [0.25, 0.3) is 5.78 Å². The molecule has 0 saturated carbocycles. The maximum Gasteiger partial charge on any atom is 0.301 e. The summed E-state index contributed by atoms with van der Waals surface area (Å²) in [5, 5.41) is 21.1. The molecule has 46 heavy (non-hydrogen) atoms. The van der Waals surface area contributed by atoms with Crippen LogP contribution in [-0.2, 0) is 15.3 Å². The Kier molecular flexibility index (Phi) is 11.7. The number of aromatic nitrogens is 2. The van der Waals surface area contributed by atoms with Gasteiger partial charge in [0.2, 0.25) is 5.13 Å². The highest BCUT2D eigenvalue weighted by atomic mass is 35.5. The zero-order valence-electron chi connectivity index (χ0n) is 25.8. The van der Waals surface area contributed by atoms with E-state index < -0.39 is 17.7 Å². The molecule has 1 N–H and O–H groups in total. The monoisotopic (exact) mass is 677 g/mol. The van der Waals surface area contributed by atoms with Gasteiger partial charge in [-0.15, -0.1) is 10.2 Å². The molecule has 0 radical (unpaired) electrons. The molecule has 0 spiro atoms. The fourth-order valence-electron chi connectivity index (χ4n) is 4.92. The van der Waals surface area contributed by atoms with Crippen molar-refractivity contribution in [1.29, 1.82) is 0 Å². The van der Waals surface area contributed by atoms with Crippen LogP contribution in [0.5, 0.6) is 11.5 Å². The van der Waals surface area contributed by atoms with Crippen molar-refractivity contribution in [3.63, 3.8) is 0 Å². The number of Topliss-reactive ketones (excluding diaryl/α,β-unsaturated/α-hetero) is 1. The fourth-order valence-corrected chi connectivity index (χ4v) is 6.87. The topological polar surface area (TPSA) is 102 Å². The van der Waals surface area contributed by atoms with Crippen molar-refractivity contribution in [3.8, 4) is 11.5 Å². The summed E-state index contributed by atoms with van der Waals surface area (Å²) in [7, 11) is 0. The van der Waals surface area contributed by atoms with Gasteiger partial charge < -0.3 is 14.6 Å². The first kappa shape index (κ1) is 33.5. The third-order valence-electron chi connectivity index (χ3n) is 7.43. The molecule has 1 fully saturated rings. The first-order valence-corrected chi connectivity index (χ1v) is 17.5. The van der Waals surface area contributed by atoms with E-state index in [9.17, 15) is 14.7 Å². The molecule has 1 saturated heterocycles. The Labute approximate surface area is 282 Å². The summed E-state index contributed by atoms with van der Waals surface area (Å²) in [5.41, 5.74) is 2.07. The van der Waals surface area contributed by atoms with Crippen molar-refractivity contribution in [1.82, 2.24) is 10.2 Å². The van der Waals surface area contributed by atoms with Crippen molar-refractivity contribution >= 4 is 57.3 Å². The minimum Gasteiger partial charge on any atom is -0.507 e. The predicted molar refractivity (Wildman–Crippen MR) is 184 cm³/mol. The van der Waals surface area contributed by atoms with Crippen LogP contribution in [0.25, 0.3) is 5.76 Å². The van der Waals surface area contributed by atoms with Crippen LogP contribution in [0.1, 0.15) is 68.7 Å². The van der Waals surface area contributed by atoms with Crippen LogP contribution < -0.4 is 14.4 Å². The highest BCUT2D eigenvalue weighted by Gasteiger charge is 2.48. The van der Waals surface area contributed by atoms with Gasteiger partial charge in [-0.1, -0.05) is 92.1 Å². The van der Waals surface area contributed by atoms with Crippen molar-refractivity contribution in [2.24, 2.45) is 0 Å². The molecular formula is C35H36ClN3O5S2. The Hall–Kier alpha value is -3.86. The van der Waals surface area contributed by atoms with E-state index in [2.05, 4.69) is 24.0 Å². The van der Waals surface area contributed by atoms with Crippen molar-refractivity contribution in [2.75, 3.05) is 18.1 Å². The lowest BCUT2D eigenvalue weighted by Gasteiger charge is -2.22. The number of ketones is 1. The number of unbranched alkanes of at least 4 members (excludes halogenated alkanes) is 3. The molecule has 0 aliphatic carbocycles. The summed E-state index contributed by atoms with van der Waals surface area (Å²) in [6, 6.07) is 20.7. The summed E-state index contributed by atoms with van der Waals surface area (Å²) in [6.45, 7) is 5.42. The molecule has 1 unspecified atom stereocenters. The second-order valence-electron chi connectivity index (χ2n) is 10.8. The van der Waals surface area contributed by atoms with Crippen LogP contribution in [0, 0.1) is 0 Å². The first-order chi connectivity index (χ1) is 22.4. The zero-order valence-corrected chi connectivity index (χ0v) is 28.2. The molecule has 1 atom stereocenters. The predicted octanol–water partition coefficient (Wildman–Crippen LogP) is 8.86. The van der Waals surface area contributed by atoms with Crippen molar-refractivity contribution < 1.29 is 24.2 Å². The van der Waals surface area contributed by atoms with Gasteiger partial charge in [0.15, 0.2) is 4.34 Å². The van der Waals surface area contributed by atoms with E-state index in [1.54, 1.807) is 24.3 Å². The van der Waals surface area contributed by atoms with Crippen LogP contribution >= 0.6 is 34.7 Å². The number of anilines is 1. The van der Waals surface area contributed by atoms with Gasteiger partial charge in [-0.05, 0) is 72.5 Å². The third kappa shape index (κ3) is 8.10. The number of benzene rings is 3. The van der Waals surface area contributed by atoms with E-state index in [1.807, 2.05) is 48.5 Å². The molecule has 240 valence electrons. The molecule has 0 bridgehead atoms. The van der Waals surface area contributed by atoms with E-state index in [4.69, 9.17) is 21.1 Å². The number of aliphatic hydroxyl groups excluding tert-OH is 1. The number of amides is 1. The number of carbonyl (C=O) groups excluding carboxylic acids is 2. The summed E-state index contributed by atoms with van der Waals surface area (Å²) in [5.74, 6) is 0.132. The van der Waals surface area contributed by atoms with E-state index >= 15 is 0 Å². The summed E-state index contributed by atoms with van der Waals surface area (Å²) >= 11 is 8.70. The SMILES string of the molecule is CCCCCOc1ccc(C2C(=C(O)c3ccc(OCCCC)cc3)C(=O)C(=O)N2c2nnc(SCc3ccc(Cl)cc3)s2)cc1. The second kappa shape index (κ2) is 16.1. The van der Waals surface area contributed by atoms with Gasteiger partial charge >= 0.3 is 5.91 Å². The molecule has 1 aliphatic heterocycles. The minimum absolute atomic E-state index is 0.0215. The maximum absolute atomic E-state index is 13.6. The van der Waals surface area contributed by atoms with Gasteiger partial charge in [-0.25, -0.2) is 0 Å². The standard InChI is InChI=1S/C35H36ClN3O5S2/c1-3-5-7-21-44-27-16-10-24(11-17-27)30-29(31(40)25-12-18-28(19-13-25)43-20-6-4-2)32(41)33(42)39(30)34-37-38-35(46-34)45-22-23-8-14-26(36)15-9-23/h8-19,30,40H,3-7,20-22H2,1-2H3.